The molecule has 0 spiro atoms. The minimum Gasteiger partial charge on any atom is -0.497 e. The minimum atomic E-state index is -0.972. The summed E-state index contributed by atoms with van der Waals surface area (Å²) < 4.78 is 10.7. The molecule has 8 nitrogen and oxygen atoms in total. The largest absolute Gasteiger partial charge is 0.497 e. The number of benzene rings is 2. The molecule has 8 heteroatoms. The lowest BCUT2D eigenvalue weighted by atomic mass is 9.92. The summed E-state index contributed by atoms with van der Waals surface area (Å²) in [6.07, 6.45) is -0.686. The Balaban J connectivity index is 2.60. The fraction of sp³-hybridized carbons (Fsp3) is 0.516. The predicted octanol–water partition coefficient (Wildman–Crippen LogP) is 6.17. The first kappa shape index (κ1) is 31.7. The quantitative estimate of drug-likeness (QED) is 0.418. The number of carbonyl (C=O) groups is 3. The van der Waals surface area contributed by atoms with Crippen molar-refractivity contribution >= 4 is 23.6 Å². The van der Waals surface area contributed by atoms with E-state index >= 15 is 0 Å². The van der Waals surface area contributed by atoms with Gasteiger partial charge in [-0.25, -0.2) is 4.79 Å². The molecular weight excluding hydrogens is 494 g/mol. The Kier molecular flexibility index (Phi) is 10.2. The van der Waals surface area contributed by atoms with Crippen LogP contribution in [-0.2, 0) is 14.3 Å². The van der Waals surface area contributed by atoms with Crippen molar-refractivity contribution in [3.63, 3.8) is 0 Å². The molecule has 214 valence electrons. The van der Waals surface area contributed by atoms with Crippen molar-refractivity contribution in [2.24, 2.45) is 5.92 Å². The Labute approximate surface area is 233 Å². The number of nitrogens with zero attached hydrogens (tertiary/aromatic N) is 1. The second kappa shape index (κ2) is 12.5. The van der Waals surface area contributed by atoms with E-state index in [9.17, 15) is 14.4 Å². The van der Waals surface area contributed by atoms with Crippen molar-refractivity contribution in [2.45, 2.75) is 92.5 Å². The van der Waals surface area contributed by atoms with Crippen LogP contribution in [0.4, 0.5) is 10.5 Å². The lowest BCUT2D eigenvalue weighted by molar-refractivity contribution is -0.147. The second-order valence-corrected chi connectivity index (χ2v) is 12.2. The Morgan fingerprint density at radius 2 is 1.46 bits per heavy atom. The third kappa shape index (κ3) is 8.73. The van der Waals surface area contributed by atoms with Gasteiger partial charge in [0, 0.05) is 11.2 Å². The van der Waals surface area contributed by atoms with Gasteiger partial charge in [0.1, 0.15) is 23.4 Å². The van der Waals surface area contributed by atoms with Gasteiger partial charge in [-0.3, -0.25) is 9.59 Å². The van der Waals surface area contributed by atoms with Gasteiger partial charge in [0.25, 0.3) is 5.91 Å². The van der Waals surface area contributed by atoms with Crippen molar-refractivity contribution in [1.82, 2.24) is 10.2 Å². The maximum Gasteiger partial charge on any atom is 0.408 e. The average molecular weight is 540 g/mol. The summed E-state index contributed by atoms with van der Waals surface area (Å²) in [5, 5.41) is 5.73. The van der Waals surface area contributed by atoms with E-state index in [1.165, 1.54) is 0 Å². The van der Waals surface area contributed by atoms with E-state index in [-0.39, 0.29) is 17.7 Å². The number of rotatable bonds is 8. The number of alkyl carbamates (subject to hydrolysis) is 1. The molecule has 0 aromatic heterocycles. The van der Waals surface area contributed by atoms with Crippen molar-refractivity contribution < 1.29 is 23.9 Å². The normalized spacial score (nSPS) is 13.3. The summed E-state index contributed by atoms with van der Waals surface area (Å²) >= 11 is 0. The smallest absolute Gasteiger partial charge is 0.408 e. The average Bonchev–Trinajstić information content (AvgIpc) is 2.80. The highest BCUT2D eigenvalue weighted by Gasteiger charge is 2.42. The standard InChI is InChI=1S/C31H45N3O5/c1-19(2)25(33-29(37)39-31(8,9)10)28(36)34(30(5,6)7)26(22-13-12-20(3)21(4)18-22)27(35)32-23-14-16-24(38-11)17-15-23/h12-19,25-26H,1-11H3,(H,32,35)(H,33,37). The fourth-order valence-corrected chi connectivity index (χ4v) is 4.18. The molecule has 0 fully saturated rings. The lowest BCUT2D eigenvalue weighted by Gasteiger charge is -2.43. The van der Waals surface area contributed by atoms with Gasteiger partial charge in [0.15, 0.2) is 0 Å². The van der Waals surface area contributed by atoms with E-state index in [0.717, 1.165) is 11.1 Å². The van der Waals surface area contributed by atoms with Crippen LogP contribution in [0.15, 0.2) is 42.5 Å². The van der Waals surface area contributed by atoms with Crippen molar-refractivity contribution in [3.8, 4) is 5.75 Å². The minimum absolute atomic E-state index is 0.264. The zero-order valence-electron chi connectivity index (χ0n) is 25.3. The predicted molar refractivity (Wildman–Crippen MR) is 155 cm³/mol. The van der Waals surface area contributed by atoms with Crippen molar-refractivity contribution in [2.75, 3.05) is 12.4 Å². The first-order valence-corrected chi connectivity index (χ1v) is 13.3. The van der Waals surface area contributed by atoms with Gasteiger partial charge in [-0.15, -0.1) is 0 Å². The van der Waals surface area contributed by atoms with Crippen LogP contribution < -0.4 is 15.4 Å². The SMILES string of the molecule is COc1ccc(NC(=O)C(c2ccc(C)c(C)c2)N(C(=O)C(NC(=O)OC(C)(C)C)C(C)C)C(C)(C)C)cc1. The summed E-state index contributed by atoms with van der Waals surface area (Å²) in [6.45, 7) is 18.6. The van der Waals surface area contributed by atoms with E-state index in [1.807, 2.05) is 66.7 Å². The second-order valence-electron chi connectivity index (χ2n) is 12.2. The first-order valence-electron chi connectivity index (χ1n) is 13.3. The Morgan fingerprint density at radius 3 is 1.92 bits per heavy atom. The zero-order valence-corrected chi connectivity index (χ0v) is 25.3. The van der Waals surface area contributed by atoms with Crippen molar-refractivity contribution in [3.05, 3.63) is 59.2 Å². The maximum absolute atomic E-state index is 14.3. The van der Waals surface area contributed by atoms with Crippen LogP contribution in [0.5, 0.6) is 5.75 Å². The van der Waals surface area contributed by atoms with Crippen LogP contribution in [0, 0.1) is 19.8 Å². The molecular formula is C31H45N3O5. The highest BCUT2D eigenvalue weighted by atomic mass is 16.6. The summed E-state index contributed by atoms with van der Waals surface area (Å²) in [4.78, 5) is 42.6. The van der Waals surface area contributed by atoms with Gasteiger partial charge in [-0.05, 0) is 102 Å². The first-order chi connectivity index (χ1) is 17.9. The molecule has 2 rings (SSSR count). The number of carbonyl (C=O) groups excluding carboxylic acids is 3. The molecule has 0 aliphatic rings. The number of hydrogen-bond acceptors (Lipinski definition) is 5. The Morgan fingerprint density at radius 1 is 0.872 bits per heavy atom. The Hall–Kier alpha value is -3.55. The highest BCUT2D eigenvalue weighted by Crippen LogP contribution is 2.33. The summed E-state index contributed by atoms with van der Waals surface area (Å²) in [5.74, 6) is -0.346. The molecule has 39 heavy (non-hydrogen) atoms. The van der Waals surface area contributed by atoms with E-state index in [0.29, 0.717) is 17.0 Å². The molecule has 2 aromatic rings. The number of aryl methyl sites for hydroxylation is 2. The van der Waals surface area contributed by atoms with E-state index in [1.54, 1.807) is 57.0 Å². The third-order valence-electron chi connectivity index (χ3n) is 6.28. The van der Waals surface area contributed by atoms with Crippen LogP contribution in [0.2, 0.25) is 0 Å². The van der Waals surface area contributed by atoms with Gasteiger partial charge in [-0.2, -0.15) is 0 Å². The lowest BCUT2D eigenvalue weighted by Crippen LogP contribution is -2.59. The summed E-state index contributed by atoms with van der Waals surface area (Å²) in [5.41, 5.74) is 1.83. The van der Waals surface area contributed by atoms with Gasteiger partial charge < -0.3 is 25.0 Å². The van der Waals surface area contributed by atoms with Gasteiger partial charge >= 0.3 is 6.09 Å². The summed E-state index contributed by atoms with van der Waals surface area (Å²) in [6, 6.07) is 10.9. The number of hydrogen-bond donors (Lipinski definition) is 2. The van der Waals surface area contributed by atoms with Crippen LogP contribution in [0.1, 0.15) is 78.1 Å². The molecule has 0 aliphatic carbocycles. The molecule has 0 saturated carbocycles. The third-order valence-corrected chi connectivity index (χ3v) is 6.28. The molecule has 2 N–H and O–H groups in total. The molecule has 2 unspecified atom stereocenters. The number of methoxy groups -OCH3 is 1. The molecule has 2 aromatic carbocycles. The molecule has 0 saturated heterocycles. The van der Waals surface area contributed by atoms with E-state index < -0.39 is 29.3 Å². The monoisotopic (exact) mass is 539 g/mol. The van der Waals surface area contributed by atoms with Crippen LogP contribution in [0.25, 0.3) is 0 Å². The topological polar surface area (TPSA) is 97.0 Å². The zero-order chi connectivity index (χ0) is 29.7. The fourth-order valence-electron chi connectivity index (χ4n) is 4.18. The number of nitrogens with one attached hydrogen (secondary N) is 2. The molecule has 3 amide bonds. The number of anilines is 1. The number of ether oxygens (including phenoxy) is 2. The molecule has 2 atom stereocenters. The van der Waals surface area contributed by atoms with Crippen LogP contribution in [-0.4, -0.2) is 47.1 Å². The Bertz CT molecular complexity index is 1160. The van der Waals surface area contributed by atoms with Gasteiger partial charge in [0.2, 0.25) is 5.91 Å². The van der Waals surface area contributed by atoms with Crippen LogP contribution in [0.3, 0.4) is 0 Å². The summed E-state index contributed by atoms with van der Waals surface area (Å²) in [7, 11) is 1.58. The van der Waals surface area contributed by atoms with E-state index in [2.05, 4.69) is 10.6 Å². The van der Waals surface area contributed by atoms with Crippen LogP contribution >= 0.6 is 0 Å². The van der Waals surface area contributed by atoms with E-state index in [4.69, 9.17) is 9.47 Å². The molecule has 0 radical (unpaired) electrons. The number of amides is 3. The maximum atomic E-state index is 14.3. The molecule has 0 aliphatic heterocycles. The van der Waals surface area contributed by atoms with Crippen molar-refractivity contribution in [1.29, 1.82) is 0 Å². The molecule has 0 bridgehead atoms. The van der Waals surface area contributed by atoms with Gasteiger partial charge in [-0.1, -0.05) is 32.0 Å². The molecule has 0 heterocycles. The van der Waals surface area contributed by atoms with Gasteiger partial charge in [0.05, 0.1) is 7.11 Å². The highest BCUT2D eigenvalue weighted by molar-refractivity contribution is 5.99.